The average Bonchev–Trinajstić information content (AvgIpc) is 2.71. The van der Waals surface area contributed by atoms with Gasteiger partial charge in [-0.15, -0.1) is 0 Å². The van der Waals surface area contributed by atoms with Crippen LogP contribution in [0, 0.1) is 0 Å². The molecule has 0 spiro atoms. The molecule has 3 aromatic rings. The zero-order valence-corrected chi connectivity index (χ0v) is 16.9. The first-order valence-electron chi connectivity index (χ1n) is 9.12. The minimum absolute atomic E-state index is 0.246. The van der Waals surface area contributed by atoms with Crippen LogP contribution in [0.4, 0.5) is 5.69 Å². The second-order valence-electron chi connectivity index (χ2n) is 7.36. The summed E-state index contributed by atoms with van der Waals surface area (Å²) in [7, 11) is 0. The lowest BCUT2D eigenvalue weighted by molar-refractivity contribution is 0.0877. The second kappa shape index (κ2) is 7.63. The average molecular weight is 407 g/mol. The number of benzene rings is 2. The van der Waals surface area contributed by atoms with Crippen molar-refractivity contribution in [1.82, 2.24) is 10.3 Å². The highest BCUT2D eigenvalue weighted by molar-refractivity contribution is 7.99. The largest absolute Gasteiger partial charge is 0.490 e. The highest BCUT2D eigenvalue weighted by Crippen LogP contribution is 2.32. The number of rotatable bonds is 5. The Labute approximate surface area is 173 Å². The van der Waals surface area contributed by atoms with E-state index in [1.807, 2.05) is 62.4 Å². The molecule has 0 saturated carbocycles. The lowest BCUT2D eigenvalue weighted by Crippen LogP contribution is -2.48. The van der Waals surface area contributed by atoms with Gasteiger partial charge in [0.15, 0.2) is 0 Å². The molecule has 8 heteroatoms. The number of hydrogen-bond donors (Lipinski definition) is 3. The highest BCUT2D eigenvalue weighted by atomic mass is 32.2. The molecule has 29 heavy (non-hydrogen) atoms. The summed E-state index contributed by atoms with van der Waals surface area (Å²) in [6, 6.07) is 15.2. The Morgan fingerprint density at radius 3 is 2.90 bits per heavy atom. The summed E-state index contributed by atoms with van der Waals surface area (Å²) in [4.78, 5) is 17.2. The first kappa shape index (κ1) is 19.1. The Kier molecular flexibility index (Phi) is 5.02. The Morgan fingerprint density at radius 1 is 1.21 bits per heavy atom. The van der Waals surface area contributed by atoms with Gasteiger partial charge in [0.2, 0.25) is 0 Å². The predicted molar refractivity (Wildman–Crippen MR) is 117 cm³/mol. The van der Waals surface area contributed by atoms with Gasteiger partial charge >= 0.3 is 0 Å². The fourth-order valence-electron chi connectivity index (χ4n) is 3.13. The predicted octanol–water partition coefficient (Wildman–Crippen LogP) is 3.52. The van der Waals surface area contributed by atoms with E-state index in [2.05, 4.69) is 19.4 Å². The van der Waals surface area contributed by atoms with Crippen molar-refractivity contribution in [3.05, 3.63) is 66.0 Å². The number of hydrogen-bond acceptors (Lipinski definition) is 7. The van der Waals surface area contributed by atoms with Gasteiger partial charge in [-0.1, -0.05) is 30.3 Å². The normalized spacial score (nSPS) is 13.2. The van der Waals surface area contributed by atoms with Crippen LogP contribution in [0.5, 0.6) is 5.75 Å². The van der Waals surface area contributed by atoms with E-state index >= 15 is 0 Å². The number of amides is 1. The number of amidine groups is 1. The molecule has 1 aliphatic heterocycles. The van der Waals surface area contributed by atoms with Crippen LogP contribution >= 0.6 is 12.1 Å². The summed E-state index contributed by atoms with van der Waals surface area (Å²) in [5, 5.41) is 4.80. The molecule has 2 heterocycles. The first-order chi connectivity index (χ1) is 13.9. The molecule has 7 nitrogen and oxygen atoms in total. The zero-order valence-electron chi connectivity index (χ0n) is 16.1. The lowest BCUT2D eigenvalue weighted by Gasteiger charge is -2.27. The van der Waals surface area contributed by atoms with Crippen LogP contribution in [0.15, 0.2) is 59.1 Å². The Bertz CT molecular complexity index is 1110. The third-order valence-electron chi connectivity index (χ3n) is 4.51. The number of nitrogens with zero attached hydrogens (tertiary/aromatic N) is 2. The maximum Gasteiger partial charge on any atom is 0.271 e. The van der Waals surface area contributed by atoms with Gasteiger partial charge in [0, 0.05) is 11.6 Å². The summed E-state index contributed by atoms with van der Waals surface area (Å²) in [6.45, 7) is 4.05. The molecule has 0 fully saturated rings. The number of nitrogens with two attached hydrogens (primary N) is 1. The van der Waals surface area contributed by atoms with E-state index in [1.54, 1.807) is 6.20 Å². The van der Waals surface area contributed by atoms with E-state index in [0.29, 0.717) is 17.3 Å². The fraction of sp³-hybridized carbons (Fsp3) is 0.190. The van der Waals surface area contributed by atoms with Crippen molar-refractivity contribution in [2.75, 3.05) is 11.3 Å². The Balaban J connectivity index is 1.50. The van der Waals surface area contributed by atoms with Crippen LogP contribution < -0.4 is 20.5 Å². The Morgan fingerprint density at radius 2 is 2.03 bits per heavy atom. The lowest BCUT2D eigenvalue weighted by atomic mass is 10.0. The molecule has 148 valence electrons. The van der Waals surface area contributed by atoms with Crippen molar-refractivity contribution in [3.8, 4) is 5.75 Å². The quantitative estimate of drug-likeness (QED) is 0.560. The van der Waals surface area contributed by atoms with Crippen LogP contribution in [0.2, 0.25) is 0 Å². The van der Waals surface area contributed by atoms with Crippen molar-refractivity contribution in [2.24, 2.45) is 10.1 Å². The second-order valence-corrected chi connectivity index (χ2v) is 7.93. The van der Waals surface area contributed by atoms with E-state index in [1.165, 1.54) is 12.1 Å². The highest BCUT2D eigenvalue weighted by Gasteiger charge is 2.25. The van der Waals surface area contributed by atoms with Crippen molar-refractivity contribution >= 4 is 40.3 Å². The van der Waals surface area contributed by atoms with Gasteiger partial charge in [-0.3, -0.25) is 9.78 Å². The van der Waals surface area contributed by atoms with Crippen LogP contribution in [0.25, 0.3) is 10.8 Å². The molecule has 1 aliphatic rings. The maximum atomic E-state index is 12.9. The van der Waals surface area contributed by atoms with E-state index in [-0.39, 0.29) is 12.5 Å². The monoisotopic (exact) mass is 407 g/mol. The fourth-order valence-corrected chi connectivity index (χ4v) is 3.63. The SMILES string of the molecule is CC(C)(COc1cccc2c1C(N)=NSN2)NC(=O)c1nccc2ccccc12. The molecular weight excluding hydrogens is 386 g/mol. The van der Waals surface area contributed by atoms with E-state index < -0.39 is 5.54 Å². The number of carbonyl (C=O) groups is 1. The molecule has 4 rings (SSSR count). The number of fused-ring (bicyclic) bond motifs is 2. The first-order valence-corrected chi connectivity index (χ1v) is 9.90. The maximum absolute atomic E-state index is 12.9. The summed E-state index contributed by atoms with van der Waals surface area (Å²) < 4.78 is 13.2. The third-order valence-corrected chi connectivity index (χ3v) is 5.11. The van der Waals surface area contributed by atoms with Crippen molar-refractivity contribution in [3.63, 3.8) is 0 Å². The van der Waals surface area contributed by atoms with Gasteiger partial charge < -0.3 is 20.5 Å². The number of nitrogens with one attached hydrogen (secondary N) is 2. The minimum Gasteiger partial charge on any atom is -0.490 e. The molecule has 0 radical (unpaired) electrons. The molecule has 4 N–H and O–H groups in total. The van der Waals surface area contributed by atoms with Gasteiger partial charge in [-0.25, -0.2) is 0 Å². The Hall–Kier alpha value is -3.26. The van der Waals surface area contributed by atoms with Crippen LogP contribution in [0.3, 0.4) is 0 Å². The molecule has 1 amide bonds. The van der Waals surface area contributed by atoms with Crippen LogP contribution in [-0.4, -0.2) is 28.9 Å². The summed E-state index contributed by atoms with van der Waals surface area (Å²) in [6.07, 6.45) is 1.64. The number of pyridine rings is 1. The van der Waals surface area contributed by atoms with Gasteiger partial charge in [0.25, 0.3) is 5.91 Å². The van der Waals surface area contributed by atoms with Gasteiger partial charge in [0.05, 0.1) is 28.9 Å². The van der Waals surface area contributed by atoms with Crippen molar-refractivity contribution < 1.29 is 9.53 Å². The van der Waals surface area contributed by atoms with Gasteiger partial charge in [-0.05, 0) is 37.4 Å². The molecule has 0 atom stereocenters. The smallest absolute Gasteiger partial charge is 0.271 e. The third kappa shape index (κ3) is 3.97. The van der Waals surface area contributed by atoms with E-state index in [4.69, 9.17) is 10.5 Å². The zero-order chi connectivity index (χ0) is 20.4. The van der Waals surface area contributed by atoms with Crippen molar-refractivity contribution in [2.45, 2.75) is 19.4 Å². The molecular formula is C21H21N5O2S. The summed E-state index contributed by atoms with van der Waals surface area (Å²) in [5.74, 6) is 0.771. The topological polar surface area (TPSA) is 102 Å². The summed E-state index contributed by atoms with van der Waals surface area (Å²) in [5.41, 5.74) is 7.36. The molecule has 0 aliphatic carbocycles. The summed E-state index contributed by atoms with van der Waals surface area (Å²) >= 11 is 1.18. The molecule has 2 aromatic carbocycles. The van der Waals surface area contributed by atoms with E-state index in [9.17, 15) is 4.79 Å². The van der Waals surface area contributed by atoms with Gasteiger partial charge in [-0.2, -0.15) is 4.40 Å². The number of ether oxygens (including phenoxy) is 1. The van der Waals surface area contributed by atoms with Crippen LogP contribution in [0.1, 0.15) is 29.9 Å². The number of carbonyl (C=O) groups excluding carboxylic acids is 1. The number of aromatic nitrogens is 1. The standard InChI is InChI=1S/C21H21N5O2S/c1-21(2,12-28-16-9-5-8-15-17(16)19(22)26-29-25-15)24-20(27)18-14-7-4-3-6-13(14)10-11-23-18/h3-11,25H,12H2,1-2H3,(H2,22,26)(H,24,27). The molecule has 1 aromatic heterocycles. The minimum atomic E-state index is -0.638. The van der Waals surface area contributed by atoms with E-state index in [0.717, 1.165) is 22.0 Å². The number of anilines is 1. The van der Waals surface area contributed by atoms with Crippen LogP contribution in [-0.2, 0) is 0 Å². The molecule has 0 bridgehead atoms. The molecule has 0 saturated heterocycles. The van der Waals surface area contributed by atoms with Crippen molar-refractivity contribution in [1.29, 1.82) is 0 Å². The molecule has 0 unspecified atom stereocenters. The van der Waals surface area contributed by atoms with Gasteiger partial charge in [0.1, 0.15) is 23.9 Å².